The monoisotopic (exact) mass is 1080 g/mol. The minimum Gasteiger partial charge on any atom is -0.471 e. The summed E-state index contributed by atoms with van der Waals surface area (Å²) < 4.78 is 115. The van der Waals surface area contributed by atoms with Crippen molar-refractivity contribution < 1.29 is 82.4 Å². The van der Waals surface area contributed by atoms with Crippen LogP contribution in [0.5, 0.6) is 5.88 Å². The Morgan fingerprint density at radius 3 is 2.31 bits per heavy atom. The molecule has 20 nitrogen and oxygen atoms in total. The maximum Gasteiger partial charge on any atom is 1.00 e. The molecule has 4 aromatic rings. The van der Waals surface area contributed by atoms with Crippen molar-refractivity contribution in [3.63, 3.8) is 0 Å². The number of rotatable bonds is 21. The van der Waals surface area contributed by atoms with Crippen molar-refractivity contribution in [3.05, 3.63) is 124 Å². The zero-order valence-electron chi connectivity index (χ0n) is 42.2. The minimum absolute atomic E-state index is 0. The summed E-state index contributed by atoms with van der Waals surface area (Å²) in [5.41, 5.74) is 10.4. The quantitative estimate of drug-likeness (QED) is 0.0342. The van der Waals surface area contributed by atoms with Crippen molar-refractivity contribution in [1.29, 1.82) is 0 Å². The third-order valence-electron chi connectivity index (χ3n) is 12.7. The largest absolute Gasteiger partial charge is 1.00 e. The first-order chi connectivity index (χ1) is 34.3. The van der Waals surface area contributed by atoms with E-state index in [2.05, 4.69) is 25.3 Å². The number of nitrogens with two attached hydrogens (primary N) is 1. The van der Waals surface area contributed by atoms with E-state index in [4.69, 9.17) is 14.9 Å². The van der Waals surface area contributed by atoms with E-state index in [1.807, 2.05) is 111 Å². The molecule has 1 amide bonds. The number of amides is 1. The van der Waals surface area contributed by atoms with Crippen LogP contribution in [-0.4, -0.2) is 95.9 Å². The number of imidazole rings is 1. The van der Waals surface area contributed by atoms with Gasteiger partial charge in [-0.2, -0.15) is 35.2 Å². The SMILES string of the molecule is CC[N+](CCCS(=O)(=O)O)=c1ccc2c(/C=C/C=C3\N(CCCS(=O)(=O)O)c4ccc(S(=O)(=O)O)cc4C3(C)CCCC(=O)NCc3ccc(COc4nc(N)nc5nc[nH]c45)cc3)cc(C(C)(C)C)oc-2c1.[Na+]. The molecule has 0 spiro atoms. The molecule has 7 rings (SSSR count). The third kappa shape index (κ3) is 14.7. The van der Waals surface area contributed by atoms with E-state index in [9.17, 15) is 43.7 Å². The van der Waals surface area contributed by atoms with Crippen LogP contribution < -0.4 is 60.2 Å². The zero-order valence-corrected chi connectivity index (χ0v) is 46.6. The molecule has 0 fully saturated rings. The molecule has 1 atom stereocenters. The summed E-state index contributed by atoms with van der Waals surface area (Å²) in [6.45, 7) is 11.4. The molecule has 3 aliphatic rings. The summed E-state index contributed by atoms with van der Waals surface area (Å²) in [5, 5.41) is 3.78. The molecule has 2 aromatic carbocycles. The third-order valence-corrected chi connectivity index (χ3v) is 15.1. The number of allylic oxidation sites excluding steroid dienone is 3. The van der Waals surface area contributed by atoms with Gasteiger partial charge in [0, 0.05) is 59.8 Å². The van der Waals surface area contributed by atoms with Gasteiger partial charge in [0.1, 0.15) is 36.7 Å². The van der Waals surface area contributed by atoms with Crippen molar-refractivity contribution in [3.8, 4) is 17.2 Å². The average molecular weight is 1090 g/mol. The van der Waals surface area contributed by atoms with E-state index in [0.29, 0.717) is 65.6 Å². The van der Waals surface area contributed by atoms with E-state index in [1.54, 1.807) is 6.07 Å². The van der Waals surface area contributed by atoms with E-state index in [0.717, 1.165) is 27.6 Å². The van der Waals surface area contributed by atoms with Crippen LogP contribution >= 0.6 is 0 Å². The summed E-state index contributed by atoms with van der Waals surface area (Å²) in [4.78, 5) is 30.2. The zero-order chi connectivity index (χ0) is 52.9. The summed E-state index contributed by atoms with van der Waals surface area (Å²) in [6, 6.07) is 19.4. The van der Waals surface area contributed by atoms with E-state index in [-0.39, 0.29) is 96.9 Å². The topological polar surface area (TPSA) is 301 Å². The van der Waals surface area contributed by atoms with Gasteiger partial charge in [-0.3, -0.25) is 18.5 Å². The van der Waals surface area contributed by atoms with Crippen LogP contribution in [0, 0.1) is 0 Å². The molecule has 390 valence electrons. The summed E-state index contributed by atoms with van der Waals surface area (Å²) in [5.74, 6) is 0.455. The van der Waals surface area contributed by atoms with Crippen molar-refractivity contribution in [1.82, 2.24) is 29.8 Å². The molecule has 0 saturated carbocycles. The fraction of sp³-hybridized carbons (Fsp3) is 0.380. The number of fused-ring (bicyclic) bond motifs is 3. The number of aromatic amines is 1. The summed E-state index contributed by atoms with van der Waals surface area (Å²) in [7, 11) is -13.1. The molecule has 74 heavy (non-hydrogen) atoms. The molecule has 0 bridgehead atoms. The van der Waals surface area contributed by atoms with Gasteiger partial charge in [0.15, 0.2) is 5.65 Å². The second-order valence-electron chi connectivity index (χ2n) is 19.1. The van der Waals surface area contributed by atoms with Crippen LogP contribution in [0.25, 0.3) is 28.6 Å². The Balaban J connectivity index is 0.00000892. The first-order valence-electron chi connectivity index (χ1n) is 23.6. The van der Waals surface area contributed by atoms with E-state index < -0.39 is 46.9 Å². The van der Waals surface area contributed by atoms with Gasteiger partial charge in [0.05, 0.1) is 28.8 Å². The number of aromatic nitrogens is 4. The fourth-order valence-corrected chi connectivity index (χ4v) is 10.4. The molecule has 2 aromatic heterocycles. The van der Waals surface area contributed by atoms with Crippen LogP contribution in [-0.2, 0) is 59.1 Å². The maximum atomic E-state index is 13.4. The van der Waals surface area contributed by atoms with Gasteiger partial charge in [-0.25, -0.2) is 9.56 Å². The molecular formula is C50H61N8NaO12S3+2. The van der Waals surface area contributed by atoms with Gasteiger partial charge in [0.25, 0.3) is 30.4 Å². The van der Waals surface area contributed by atoms with Crippen LogP contribution in [0.3, 0.4) is 0 Å². The first-order valence-corrected chi connectivity index (χ1v) is 28.3. The van der Waals surface area contributed by atoms with Crippen LogP contribution in [0.15, 0.2) is 100 Å². The smallest absolute Gasteiger partial charge is 0.471 e. The van der Waals surface area contributed by atoms with Gasteiger partial charge in [-0.05, 0) is 91.8 Å². The number of nitrogens with zero attached hydrogens (tertiary/aromatic N) is 5. The number of ether oxygens (including phenoxy) is 1. The average Bonchev–Trinajstić information content (AvgIpc) is 3.87. The van der Waals surface area contributed by atoms with Crippen molar-refractivity contribution in [2.75, 3.05) is 41.8 Å². The normalized spacial score (nSPS) is 16.2. The Hall–Kier alpha value is -5.50. The number of hydrogen-bond donors (Lipinski definition) is 6. The molecule has 24 heteroatoms. The number of anilines is 2. The van der Waals surface area contributed by atoms with Crippen LogP contribution in [0.2, 0.25) is 0 Å². The molecule has 4 heterocycles. The van der Waals surface area contributed by atoms with Crippen LogP contribution in [0.1, 0.15) is 94.7 Å². The Kier molecular flexibility index (Phi) is 18.4. The predicted octanol–water partition coefficient (Wildman–Crippen LogP) is 3.27. The molecule has 0 radical (unpaired) electrons. The van der Waals surface area contributed by atoms with Gasteiger partial charge >= 0.3 is 29.6 Å². The molecule has 2 aliphatic heterocycles. The molecule has 1 aliphatic carbocycles. The van der Waals surface area contributed by atoms with Crippen molar-refractivity contribution in [2.24, 2.45) is 0 Å². The first kappa shape index (κ1) is 57.8. The van der Waals surface area contributed by atoms with E-state index in [1.165, 1.54) is 18.5 Å². The summed E-state index contributed by atoms with van der Waals surface area (Å²) >= 11 is 0. The number of carbonyl (C=O) groups is 1. The van der Waals surface area contributed by atoms with Gasteiger partial charge in [-0.15, -0.1) is 0 Å². The molecule has 7 N–H and O–H groups in total. The minimum atomic E-state index is -4.65. The second-order valence-corrected chi connectivity index (χ2v) is 23.7. The van der Waals surface area contributed by atoms with Crippen molar-refractivity contribution >= 4 is 65.1 Å². The Bertz CT molecular complexity index is 3460. The Labute approximate surface area is 453 Å². The number of carbonyl (C=O) groups excluding carboxylic acids is 1. The molecular weight excluding hydrogens is 1020 g/mol. The van der Waals surface area contributed by atoms with Crippen LogP contribution in [0.4, 0.5) is 11.6 Å². The number of hydrogen-bond acceptors (Lipinski definition) is 14. The predicted molar refractivity (Wildman–Crippen MR) is 277 cm³/mol. The fourth-order valence-electron chi connectivity index (χ4n) is 8.88. The Morgan fingerprint density at radius 1 is 0.932 bits per heavy atom. The van der Waals surface area contributed by atoms with Gasteiger partial charge < -0.3 is 30.1 Å². The number of H-pyrrole nitrogens is 1. The molecule has 1 unspecified atom stereocenters. The van der Waals surface area contributed by atoms with Gasteiger partial charge in [0.2, 0.25) is 23.1 Å². The number of benzene rings is 3. The number of nitrogens with one attached hydrogen (secondary N) is 2. The van der Waals surface area contributed by atoms with Crippen molar-refractivity contribution in [2.45, 2.75) is 95.6 Å². The van der Waals surface area contributed by atoms with Gasteiger partial charge in [-0.1, -0.05) is 57.2 Å². The maximum absolute atomic E-state index is 13.4. The molecule has 0 saturated heterocycles. The summed E-state index contributed by atoms with van der Waals surface area (Å²) in [6.07, 6.45) is 8.12. The number of nitrogen functional groups attached to an aromatic ring is 1. The second kappa shape index (κ2) is 23.6. The standard InChI is InChI=1S/C50H60N8O12S3.Na/c1-6-57(23-9-25-71(60,61)62)36-18-20-38-35(27-43(49(2,3)4)70-41(38)28-36)11-7-12-42-50(5,39-29-37(73(66,67)68)19-21-40(39)58(42)24-10-26-72(63,64)65)22-8-13-44(59)52-30-33-14-16-34(17-15-33)31-69-47-45-46(54-32-53-45)55-48(51)56-47;/h7,11-12,14-21,27-29,32H,6,8-10,13,22-26,30-31H2,1-5H3,(H6-,51,52,53,54,55,56,59,60,61,62,63,64,65,66,67,68);/q;+1/p+1. The van der Waals surface area contributed by atoms with E-state index >= 15 is 0 Å². The Morgan fingerprint density at radius 2 is 1.64 bits per heavy atom.